The van der Waals surface area contributed by atoms with Crippen LogP contribution in [-0.4, -0.2) is 30.4 Å². The summed E-state index contributed by atoms with van der Waals surface area (Å²) < 4.78 is 0. The third kappa shape index (κ3) is 5.07. The minimum Gasteiger partial charge on any atom is -0.326 e. The van der Waals surface area contributed by atoms with Gasteiger partial charge in [-0.25, -0.2) is 0 Å². The first-order valence-corrected chi connectivity index (χ1v) is 8.41. The number of nitrogens with one attached hydrogen (secondary N) is 1. The summed E-state index contributed by atoms with van der Waals surface area (Å²) >= 11 is 0. The first kappa shape index (κ1) is 17.5. The molecule has 124 valence electrons. The lowest BCUT2D eigenvalue weighted by Crippen LogP contribution is -2.38. The molecule has 4 heteroatoms. The van der Waals surface area contributed by atoms with Crippen molar-refractivity contribution in [1.82, 2.24) is 4.90 Å². The Morgan fingerprint density at radius 2 is 1.87 bits per heavy atom. The van der Waals surface area contributed by atoms with Crippen LogP contribution in [0.25, 0.3) is 0 Å². The van der Waals surface area contributed by atoms with Gasteiger partial charge in [0.25, 0.3) is 0 Å². The molecule has 4 nitrogen and oxygen atoms in total. The van der Waals surface area contributed by atoms with Gasteiger partial charge in [-0.1, -0.05) is 32.9 Å². The fourth-order valence-electron chi connectivity index (χ4n) is 2.92. The van der Waals surface area contributed by atoms with Crippen LogP contribution in [0.1, 0.15) is 45.6 Å². The molecule has 0 unspecified atom stereocenters. The average Bonchev–Trinajstić information content (AvgIpc) is 2.53. The summed E-state index contributed by atoms with van der Waals surface area (Å²) in [4.78, 5) is 14.7. The molecule has 0 aromatic heterocycles. The lowest BCUT2D eigenvalue weighted by Gasteiger charge is -2.30. The van der Waals surface area contributed by atoms with Gasteiger partial charge >= 0.3 is 0 Å². The third-order valence-electron chi connectivity index (χ3n) is 4.52. The van der Waals surface area contributed by atoms with Crippen molar-refractivity contribution in [3.8, 4) is 6.07 Å². The maximum atomic E-state index is 12.4. The minimum atomic E-state index is 0.0793. The second-order valence-corrected chi connectivity index (χ2v) is 7.34. The van der Waals surface area contributed by atoms with Crippen molar-refractivity contribution in [2.45, 2.75) is 45.4 Å². The fraction of sp³-hybridized carbons (Fsp3) is 0.579. The summed E-state index contributed by atoms with van der Waals surface area (Å²) in [7, 11) is 0. The van der Waals surface area contributed by atoms with Crippen LogP contribution in [0.15, 0.2) is 24.3 Å². The summed E-state index contributed by atoms with van der Waals surface area (Å²) in [6.45, 7) is 9.17. The second kappa shape index (κ2) is 7.61. The smallest absolute Gasteiger partial charge is 0.227 e. The van der Waals surface area contributed by atoms with E-state index in [9.17, 15) is 4.79 Å². The van der Waals surface area contributed by atoms with Crippen molar-refractivity contribution in [1.29, 1.82) is 5.26 Å². The Hall–Kier alpha value is -1.86. The van der Waals surface area contributed by atoms with Gasteiger partial charge in [-0.15, -0.1) is 0 Å². The van der Waals surface area contributed by atoms with Gasteiger partial charge in [0.1, 0.15) is 0 Å². The number of anilines is 1. The maximum absolute atomic E-state index is 12.4. The number of nitriles is 1. The quantitative estimate of drug-likeness (QED) is 0.925. The molecule has 0 radical (unpaired) electrons. The van der Waals surface area contributed by atoms with Crippen molar-refractivity contribution in [2.24, 2.45) is 5.92 Å². The molecule has 0 spiro atoms. The first-order chi connectivity index (χ1) is 10.9. The van der Waals surface area contributed by atoms with E-state index in [4.69, 9.17) is 5.26 Å². The first-order valence-electron chi connectivity index (χ1n) is 8.41. The molecule has 1 aromatic carbocycles. The van der Waals surface area contributed by atoms with Gasteiger partial charge in [-0.2, -0.15) is 5.26 Å². The monoisotopic (exact) mass is 313 g/mol. The lowest BCUT2D eigenvalue weighted by molar-refractivity contribution is -0.121. The van der Waals surface area contributed by atoms with E-state index in [1.807, 2.05) is 12.1 Å². The summed E-state index contributed by atoms with van der Waals surface area (Å²) in [5.74, 6) is 0.198. The molecule has 0 atom stereocenters. The Morgan fingerprint density at radius 1 is 1.26 bits per heavy atom. The van der Waals surface area contributed by atoms with Gasteiger partial charge in [-0.3, -0.25) is 4.79 Å². The summed E-state index contributed by atoms with van der Waals surface area (Å²) in [6, 6.07) is 10.3. The highest BCUT2D eigenvalue weighted by molar-refractivity contribution is 5.92. The molecular weight excluding hydrogens is 286 g/mol. The Balaban J connectivity index is 1.85. The molecule has 0 saturated carbocycles. The summed E-state index contributed by atoms with van der Waals surface area (Å²) in [5, 5.41) is 11.7. The van der Waals surface area contributed by atoms with Gasteiger partial charge in [0.05, 0.1) is 6.07 Å². The number of hydrogen-bond acceptors (Lipinski definition) is 3. The Bertz CT molecular complexity index is 558. The zero-order chi connectivity index (χ0) is 16.9. The fourth-order valence-corrected chi connectivity index (χ4v) is 2.92. The normalized spacial score (nSPS) is 16.8. The SMILES string of the molecule is CC(C)(C)c1ccc(NC(=O)C2CCN(CCC#N)CC2)cc1. The van der Waals surface area contributed by atoms with Crippen molar-refractivity contribution in [3.05, 3.63) is 29.8 Å². The van der Waals surface area contributed by atoms with Gasteiger partial charge in [0, 0.05) is 24.6 Å². The van der Waals surface area contributed by atoms with Crippen LogP contribution in [0.5, 0.6) is 0 Å². The van der Waals surface area contributed by atoms with Crippen molar-refractivity contribution in [2.75, 3.05) is 25.0 Å². The van der Waals surface area contributed by atoms with Crippen LogP contribution in [0.3, 0.4) is 0 Å². The Kier molecular flexibility index (Phi) is 5.79. The van der Waals surface area contributed by atoms with Crippen molar-refractivity contribution in [3.63, 3.8) is 0 Å². The number of likely N-dealkylation sites (tertiary alicyclic amines) is 1. The van der Waals surface area contributed by atoms with Crippen LogP contribution in [0.4, 0.5) is 5.69 Å². The number of carbonyl (C=O) groups is 1. The number of hydrogen-bond donors (Lipinski definition) is 1. The van der Waals surface area contributed by atoms with Crippen LogP contribution < -0.4 is 5.32 Å². The molecule has 1 aliphatic heterocycles. The van der Waals surface area contributed by atoms with E-state index in [2.05, 4.69) is 49.2 Å². The molecular formula is C19H27N3O. The molecule has 1 saturated heterocycles. The van der Waals surface area contributed by atoms with E-state index in [0.29, 0.717) is 6.42 Å². The molecule has 23 heavy (non-hydrogen) atoms. The van der Waals surface area contributed by atoms with E-state index >= 15 is 0 Å². The average molecular weight is 313 g/mol. The zero-order valence-electron chi connectivity index (χ0n) is 14.4. The van der Waals surface area contributed by atoms with Crippen LogP contribution >= 0.6 is 0 Å². The third-order valence-corrected chi connectivity index (χ3v) is 4.52. The van der Waals surface area contributed by atoms with E-state index < -0.39 is 0 Å². The topological polar surface area (TPSA) is 56.1 Å². The van der Waals surface area contributed by atoms with Crippen LogP contribution in [-0.2, 0) is 10.2 Å². The van der Waals surface area contributed by atoms with Crippen LogP contribution in [0, 0.1) is 17.2 Å². The van der Waals surface area contributed by atoms with Gasteiger partial charge in [-0.05, 0) is 49.0 Å². The van der Waals surface area contributed by atoms with E-state index in [0.717, 1.165) is 38.2 Å². The molecule has 1 heterocycles. The van der Waals surface area contributed by atoms with Gasteiger partial charge in [0.15, 0.2) is 0 Å². The number of rotatable bonds is 4. The molecule has 1 amide bonds. The van der Waals surface area contributed by atoms with E-state index in [1.165, 1.54) is 5.56 Å². The summed E-state index contributed by atoms with van der Waals surface area (Å²) in [5.41, 5.74) is 2.26. The largest absolute Gasteiger partial charge is 0.326 e. The highest BCUT2D eigenvalue weighted by Crippen LogP contribution is 2.24. The second-order valence-electron chi connectivity index (χ2n) is 7.34. The van der Waals surface area contributed by atoms with Crippen molar-refractivity contribution < 1.29 is 4.79 Å². The zero-order valence-corrected chi connectivity index (χ0v) is 14.4. The van der Waals surface area contributed by atoms with E-state index in [-0.39, 0.29) is 17.2 Å². The standard InChI is InChI=1S/C19H27N3O/c1-19(2,3)16-5-7-17(8-6-16)21-18(23)15-9-13-22(14-10-15)12-4-11-20/h5-8,15H,4,9-10,12-14H2,1-3H3,(H,21,23). The highest BCUT2D eigenvalue weighted by atomic mass is 16.1. The van der Waals surface area contributed by atoms with Gasteiger partial charge in [0.2, 0.25) is 5.91 Å². The number of nitrogens with zero attached hydrogens (tertiary/aromatic N) is 2. The number of benzene rings is 1. The Labute approximate surface area is 139 Å². The predicted molar refractivity (Wildman–Crippen MR) is 93.2 cm³/mol. The van der Waals surface area contributed by atoms with Crippen molar-refractivity contribution >= 4 is 11.6 Å². The number of amides is 1. The molecule has 0 bridgehead atoms. The molecule has 1 aromatic rings. The predicted octanol–water partition coefficient (Wildman–Crippen LogP) is 3.55. The maximum Gasteiger partial charge on any atom is 0.227 e. The molecule has 1 aliphatic rings. The van der Waals surface area contributed by atoms with Gasteiger partial charge < -0.3 is 10.2 Å². The Morgan fingerprint density at radius 3 is 2.39 bits per heavy atom. The van der Waals surface area contributed by atoms with Crippen LogP contribution in [0.2, 0.25) is 0 Å². The highest BCUT2D eigenvalue weighted by Gasteiger charge is 2.24. The molecule has 1 N–H and O–H groups in total. The molecule has 2 rings (SSSR count). The minimum absolute atomic E-state index is 0.0793. The molecule has 1 fully saturated rings. The lowest BCUT2D eigenvalue weighted by atomic mass is 9.87. The summed E-state index contributed by atoms with van der Waals surface area (Å²) in [6.07, 6.45) is 2.31. The number of piperidine rings is 1. The van der Waals surface area contributed by atoms with E-state index in [1.54, 1.807) is 0 Å². The number of carbonyl (C=O) groups excluding carboxylic acids is 1. The molecule has 0 aliphatic carbocycles.